The molecule has 3 heteroatoms. The van der Waals surface area contributed by atoms with Crippen LogP contribution in [0.1, 0.15) is 33.1 Å². The van der Waals surface area contributed by atoms with E-state index in [1.165, 1.54) is 0 Å². The van der Waals surface area contributed by atoms with Gasteiger partial charge in [0, 0.05) is 12.6 Å². The van der Waals surface area contributed by atoms with Crippen molar-refractivity contribution in [3.63, 3.8) is 0 Å². The third kappa shape index (κ3) is 1.61. The Morgan fingerprint density at radius 1 is 1.58 bits per heavy atom. The highest BCUT2D eigenvalue weighted by Gasteiger charge is 2.37. The molecular weight excluding hydrogens is 154 g/mol. The van der Waals surface area contributed by atoms with Gasteiger partial charge in [0.05, 0.1) is 0 Å². The van der Waals surface area contributed by atoms with Crippen molar-refractivity contribution >= 4 is 5.97 Å². The molecule has 0 spiro atoms. The van der Waals surface area contributed by atoms with Crippen molar-refractivity contribution in [2.45, 2.75) is 45.2 Å². The molecule has 1 aliphatic rings. The van der Waals surface area contributed by atoms with E-state index in [2.05, 4.69) is 18.7 Å². The van der Waals surface area contributed by atoms with Crippen LogP contribution in [0.3, 0.4) is 0 Å². The lowest BCUT2D eigenvalue weighted by atomic mass is 9.97. The smallest absolute Gasteiger partial charge is 0.320 e. The predicted molar refractivity (Wildman–Crippen MR) is 47.1 cm³/mol. The number of hydrogen-bond donors (Lipinski definition) is 1. The summed E-state index contributed by atoms with van der Waals surface area (Å²) in [6.07, 6.45) is 2.94. The van der Waals surface area contributed by atoms with Crippen molar-refractivity contribution in [1.29, 1.82) is 0 Å². The Hall–Kier alpha value is -0.570. The SMILES string of the molecule is CCC(CC)N1CCC1C(=O)O. The highest BCUT2D eigenvalue weighted by Crippen LogP contribution is 2.23. The lowest BCUT2D eigenvalue weighted by Crippen LogP contribution is -2.56. The fraction of sp³-hybridized carbons (Fsp3) is 0.889. The third-order valence-electron chi connectivity index (χ3n) is 2.76. The molecule has 70 valence electrons. The Labute approximate surface area is 73.4 Å². The van der Waals surface area contributed by atoms with Gasteiger partial charge in [-0.25, -0.2) is 0 Å². The third-order valence-corrected chi connectivity index (χ3v) is 2.76. The number of hydrogen-bond acceptors (Lipinski definition) is 2. The average Bonchev–Trinajstić information content (AvgIpc) is 1.96. The molecule has 1 N–H and O–H groups in total. The summed E-state index contributed by atoms with van der Waals surface area (Å²) in [5.74, 6) is -0.659. The Morgan fingerprint density at radius 2 is 2.17 bits per heavy atom. The predicted octanol–water partition coefficient (Wildman–Crippen LogP) is 1.33. The molecule has 0 bridgehead atoms. The van der Waals surface area contributed by atoms with Crippen LogP contribution in [-0.2, 0) is 4.79 Å². The van der Waals surface area contributed by atoms with Crippen LogP contribution in [0.25, 0.3) is 0 Å². The second kappa shape index (κ2) is 3.90. The zero-order valence-electron chi connectivity index (χ0n) is 7.79. The van der Waals surface area contributed by atoms with E-state index in [0.717, 1.165) is 25.8 Å². The molecule has 12 heavy (non-hydrogen) atoms. The van der Waals surface area contributed by atoms with Crippen molar-refractivity contribution in [2.24, 2.45) is 0 Å². The monoisotopic (exact) mass is 171 g/mol. The first-order valence-corrected chi connectivity index (χ1v) is 4.69. The highest BCUT2D eigenvalue weighted by atomic mass is 16.4. The molecule has 0 aliphatic carbocycles. The Morgan fingerprint density at radius 3 is 2.42 bits per heavy atom. The van der Waals surface area contributed by atoms with E-state index in [4.69, 9.17) is 5.11 Å². The number of likely N-dealkylation sites (tertiary alicyclic amines) is 1. The van der Waals surface area contributed by atoms with Crippen LogP contribution in [-0.4, -0.2) is 34.6 Å². The maximum Gasteiger partial charge on any atom is 0.320 e. The van der Waals surface area contributed by atoms with E-state index in [9.17, 15) is 4.79 Å². The Balaban J connectivity index is 2.46. The molecule has 0 amide bonds. The number of carboxylic acids is 1. The second-order valence-corrected chi connectivity index (χ2v) is 3.35. The zero-order chi connectivity index (χ0) is 9.14. The first-order valence-electron chi connectivity index (χ1n) is 4.69. The molecule has 1 heterocycles. The number of nitrogens with zero attached hydrogens (tertiary/aromatic N) is 1. The van der Waals surface area contributed by atoms with Gasteiger partial charge >= 0.3 is 5.97 Å². The van der Waals surface area contributed by atoms with E-state index in [1.807, 2.05) is 0 Å². The summed E-state index contributed by atoms with van der Waals surface area (Å²) >= 11 is 0. The maximum atomic E-state index is 10.7. The zero-order valence-corrected chi connectivity index (χ0v) is 7.79. The molecule has 0 aromatic heterocycles. The Bertz CT molecular complexity index is 166. The molecule has 1 fully saturated rings. The van der Waals surface area contributed by atoms with E-state index in [0.29, 0.717) is 6.04 Å². The maximum absolute atomic E-state index is 10.7. The van der Waals surface area contributed by atoms with Crippen molar-refractivity contribution in [2.75, 3.05) is 6.54 Å². The van der Waals surface area contributed by atoms with Gasteiger partial charge in [0.2, 0.25) is 0 Å². The highest BCUT2D eigenvalue weighted by molar-refractivity contribution is 5.74. The van der Waals surface area contributed by atoms with Crippen LogP contribution < -0.4 is 0 Å². The largest absolute Gasteiger partial charge is 0.480 e. The van der Waals surface area contributed by atoms with E-state index in [-0.39, 0.29) is 6.04 Å². The second-order valence-electron chi connectivity index (χ2n) is 3.35. The summed E-state index contributed by atoms with van der Waals surface area (Å²) in [4.78, 5) is 12.8. The summed E-state index contributed by atoms with van der Waals surface area (Å²) in [6.45, 7) is 5.19. The van der Waals surface area contributed by atoms with Gasteiger partial charge in [-0.15, -0.1) is 0 Å². The van der Waals surface area contributed by atoms with Gasteiger partial charge in [-0.3, -0.25) is 9.69 Å². The van der Waals surface area contributed by atoms with Crippen molar-refractivity contribution in [3.05, 3.63) is 0 Å². The topological polar surface area (TPSA) is 40.5 Å². The van der Waals surface area contributed by atoms with Crippen LogP contribution in [0.4, 0.5) is 0 Å². The molecule has 0 aromatic carbocycles. The quantitative estimate of drug-likeness (QED) is 0.693. The summed E-state index contributed by atoms with van der Waals surface area (Å²) in [5.41, 5.74) is 0. The lowest BCUT2D eigenvalue weighted by Gasteiger charge is -2.43. The van der Waals surface area contributed by atoms with Crippen molar-refractivity contribution < 1.29 is 9.90 Å². The van der Waals surface area contributed by atoms with E-state index in [1.54, 1.807) is 0 Å². The molecule has 1 saturated heterocycles. The summed E-state index contributed by atoms with van der Waals surface area (Å²) < 4.78 is 0. The molecule has 3 nitrogen and oxygen atoms in total. The summed E-state index contributed by atoms with van der Waals surface area (Å²) in [7, 11) is 0. The van der Waals surface area contributed by atoms with E-state index >= 15 is 0 Å². The van der Waals surface area contributed by atoms with Crippen LogP contribution >= 0.6 is 0 Å². The fourth-order valence-corrected chi connectivity index (χ4v) is 1.87. The van der Waals surface area contributed by atoms with Gasteiger partial charge in [0.25, 0.3) is 0 Å². The van der Waals surface area contributed by atoms with Gasteiger partial charge in [-0.05, 0) is 19.3 Å². The van der Waals surface area contributed by atoms with Gasteiger partial charge in [0.1, 0.15) is 6.04 Å². The lowest BCUT2D eigenvalue weighted by molar-refractivity contribution is -0.150. The minimum absolute atomic E-state index is 0.199. The number of aliphatic carboxylic acids is 1. The minimum atomic E-state index is -0.659. The molecule has 0 aromatic rings. The first-order chi connectivity index (χ1) is 5.70. The molecule has 1 aliphatic heterocycles. The molecule has 0 saturated carbocycles. The minimum Gasteiger partial charge on any atom is -0.480 e. The van der Waals surface area contributed by atoms with Gasteiger partial charge < -0.3 is 5.11 Å². The molecule has 1 unspecified atom stereocenters. The van der Waals surface area contributed by atoms with Gasteiger partial charge in [0.15, 0.2) is 0 Å². The number of carboxylic acid groups (broad SMARTS) is 1. The van der Waals surface area contributed by atoms with Crippen LogP contribution in [0.2, 0.25) is 0 Å². The van der Waals surface area contributed by atoms with Gasteiger partial charge in [-0.2, -0.15) is 0 Å². The molecule has 1 rings (SSSR count). The standard InChI is InChI=1S/C9H17NO2/c1-3-7(4-2)10-6-5-8(10)9(11)12/h7-8H,3-6H2,1-2H3,(H,11,12). The summed E-state index contributed by atoms with van der Waals surface area (Å²) in [5, 5.41) is 8.80. The first kappa shape index (κ1) is 9.52. The number of carbonyl (C=O) groups is 1. The van der Waals surface area contributed by atoms with Crippen molar-refractivity contribution in [3.8, 4) is 0 Å². The van der Waals surface area contributed by atoms with Crippen LogP contribution in [0.15, 0.2) is 0 Å². The van der Waals surface area contributed by atoms with Crippen LogP contribution in [0.5, 0.6) is 0 Å². The fourth-order valence-electron chi connectivity index (χ4n) is 1.87. The normalized spacial score (nSPS) is 24.1. The summed E-state index contributed by atoms with van der Waals surface area (Å²) in [6, 6.07) is 0.273. The molecule has 1 atom stereocenters. The Kier molecular flexibility index (Phi) is 3.09. The van der Waals surface area contributed by atoms with Crippen LogP contribution in [0, 0.1) is 0 Å². The average molecular weight is 171 g/mol. The van der Waals surface area contributed by atoms with Gasteiger partial charge in [-0.1, -0.05) is 13.8 Å². The molecule has 0 radical (unpaired) electrons. The molecular formula is C9H17NO2. The van der Waals surface area contributed by atoms with Crippen molar-refractivity contribution in [1.82, 2.24) is 4.90 Å². The van der Waals surface area contributed by atoms with E-state index < -0.39 is 5.97 Å². The number of rotatable bonds is 4.